The third-order valence-electron chi connectivity index (χ3n) is 3.83. The van der Waals surface area contributed by atoms with Gasteiger partial charge in [0.15, 0.2) is 6.10 Å². The van der Waals surface area contributed by atoms with E-state index >= 15 is 0 Å². The number of carbonyl (C=O) groups excluding carboxylic acids is 1. The highest BCUT2D eigenvalue weighted by Gasteiger charge is 2.17. The van der Waals surface area contributed by atoms with Crippen molar-refractivity contribution in [3.63, 3.8) is 0 Å². The molecule has 0 radical (unpaired) electrons. The van der Waals surface area contributed by atoms with Gasteiger partial charge in [0.1, 0.15) is 23.9 Å². The second-order valence-electron chi connectivity index (χ2n) is 6.48. The smallest absolute Gasteiger partial charge is 0.261 e. The summed E-state index contributed by atoms with van der Waals surface area (Å²) in [5.74, 6) is 2.03. The van der Waals surface area contributed by atoms with Crippen LogP contribution in [0.1, 0.15) is 25.0 Å². The molecule has 5 heteroatoms. The zero-order valence-electron chi connectivity index (χ0n) is 16.0. The topological polar surface area (TPSA) is 56.8 Å². The minimum atomic E-state index is -0.584. The Morgan fingerprint density at radius 2 is 1.54 bits per heavy atom. The van der Waals surface area contributed by atoms with Crippen molar-refractivity contribution in [2.75, 3.05) is 13.7 Å². The molecule has 2 aromatic carbocycles. The highest BCUT2D eigenvalue weighted by Crippen LogP contribution is 2.18. The Balaban J connectivity index is 1.81. The van der Waals surface area contributed by atoms with Crippen molar-refractivity contribution in [3.05, 3.63) is 53.6 Å². The Labute approximate surface area is 155 Å². The zero-order chi connectivity index (χ0) is 19.1. The standard InChI is InChI=1S/C21H27NO4/c1-14-10-15(2)12-20(11-14)26-17(4)21(23)22-16(3)13-25-19-8-6-18(24-5)7-9-19/h6-12,16-17H,13H2,1-5H3,(H,22,23)/t16-,17-/m1/s1. The molecule has 140 valence electrons. The predicted octanol–water partition coefficient (Wildman–Crippen LogP) is 3.66. The number of nitrogens with one attached hydrogen (secondary N) is 1. The normalized spacial score (nSPS) is 12.8. The SMILES string of the molecule is COc1ccc(OC[C@@H](C)NC(=O)[C@@H](C)Oc2cc(C)cc(C)c2)cc1. The lowest BCUT2D eigenvalue weighted by atomic mass is 10.1. The maximum absolute atomic E-state index is 12.3. The maximum Gasteiger partial charge on any atom is 0.261 e. The van der Waals surface area contributed by atoms with Gasteiger partial charge in [0.2, 0.25) is 0 Å². The van der Waals surface area contributed by atoms with E-state index in [0.29, 0.717) is 12.4 Å². The van der Waals surface area contributed by atoms with Crippen LogP contribution < -0.4 is 19.5 Å². The Kier molecular flexibility index (Phi) is 6.89. The summed E-state index contributed by atoms with van der Waals surface area (Å²) in [5.41, 5.74) is 2.21. The molecule has 0 bridgehead atoms. The second-order valence-corrected chi connectivity index (χ2v) is 6.48. The molecule has 5 nitrogen and oxygen atoms in total. The van der Waals surface area contributed by atoms with E-state index < -0.39 is 6.10 Å². The zero-order valence-corrected chi connectivity index (χ0v) is 16.0. The fraction of sp³-hybridized carbons (Fsp3) is 0.381. The number of hydrogen-bond donors (Lipinski definition) is 1. The molecule has 0 heterocycles. The van der Waals surface area contributed by atoms with E-state index in [2.05, 4.69) is 11.4 Å². The summed E-state index contributed by atoms with van der Waals surface area (Å²) in [4.78, 5) is 12.3. The molecule has 0 aliphatic heterocycles. The van der Waals surface area contributed by atoms with E-state index in [9.17, 15) is 4.79 Å². The van der Waals surface area contributed by atoms with E-state index in [4.69, 9.17) is 14.2 Å². The van der Waals surface area contributed by atoms with Crippen LogP contribution in [0.4, 0.5) is 0 Å². The summed E-state index contributed by atoms with van der Waals surface area (Å²) in [7, 11) is 1.62. The molecule has 0 spiro atoms. The molecule has 1 N–H and O–H groups in total. The van der Waals surface area contributed by atoms with E-state index in [1.54, 1.807) is 14.0 Å². The first-order valence-electron chi connectivity index (χ1n) is 8.69. The van der Waals surface area contributed by atoms with Crippen LogP contribution in [0.5, 0.6) is 17.2 Å². The summed E-state index contributed by atoms with van der Waals surface area (Å²) < 4.78 is 16.6. The highest BCUT2D eigenvalue weighted by atomic mass is 16.5. The number of aryl methyl sites for hydroxylation is 2. The Morgan fingerprint density at radius 3 is 2.12 bits per heavy atom. The molecule has 0 aliphatic carbocycles. The van der Waals surface area contributed by atoms with Crippen molar-refractivity contribution in [2.45, 2.75) is 39.8 Å². The number of methoxy groups -OCH3 is 1. The molecule has 26 heavy (non-hydrogen) atoms. The van der Waals surface area contributed by atoms with Gasteiger partial charge < -0.3 is 19.5 Å². The third kappa shape index (κ3) is 5.99. The van der Waals surface area contributed by atoms with Crippen LogP contribution in [0.2, 0.25) is 0 Å². The summed E-state index contributed by atoms with van der Waals surface area (Å²) in [6, 6.07) is 13.1. The lowest BCUT2D eigenvalue weighted by molar-refractivity contribution is -0.128. The van der Waals surface area contributed by atoms with Crippen LogP contribution in [0, 0.1) is 13.8 Å². The molecule has 0 saturated carbocycles. The largest absolute Gasteiger partial charge is 0.497 e. The van der Waals surface area contributed by atoms with Crippen molar-refractivity contribution >= 4 is 5.91 Å². The van der Waals surface area contributed by atoms with Crippen molar-refractivity contribution in [1.82, 2.24) is 5.32 Å². The van der Waals surface area contributed by atoms with Crippen LogP contribution in [0.25, 0.3) is 0 Å². The van der Waals surface area contributed by atoms with Gasteiger partial charge in [0.25, 0.3) is 5.91 Å². The first-order chi connectivity index (χ1) is 12.4. The maximum atomic E-state index is 12.3. The van der Waals surface area contributed by atoms with Crippen molar-refractivity contribution < 1.29 is 19.0 Å². The molecule has 1 amide bonds. The van der Waals surface area contributed by atoms with Crippen molar-refractivity contribution in [3.8, 4) is 17.2 Å². The van der Waals surface area contributed by atoms with Crippen molar-refractivity contribution in [2.24, 2.45) is 0 Å². The number of benzene rings is 2. The van der Waals surface area contributed by atoms with Gasteiger partial charge in [-0.1, -0.05) is 6.07 Å². The summed E-state index contributed by atoms with van der Waals surface area (Å²) in [6.07, 6.45) is -0.584. The number of hydrogen-bond acceptors (Lipinski definition) is 4. The molecule has 0 aliphatic rings. The first kappa shape index (κ1) is 19.6. The van der Waals surface area contributed by atoms with Crippen LogP contribution in [-0.2, 0) is 4.79 Å². The third-order valence-corrected chi connectivity index (χ3v) is 3.83. The van der Waals surface area contributed by atoms with Crippen LogP contribution in [0.15, 0.2) is 42.5 Å². The minimum absolute atomic E-state index is 0.144. The second kappa shape index (κ2) is 9.13. The molecular weight excluding hydrogens is 330 g/mol. The Hall–Kier alpha value is -2.69. The summed E-state index contributed by atoms with van der Waals surface area (Å²) in [6.45, 7) is 8.01. The lowest BCUT2D eigenvalue weighted by Crippen LogP contribution is -2.43. The quantitative estimate of drug-likeness (QED) is 0.783. The lowest BCUT2D eigenvalue weighted by Gasteiger charge is -2.19. The molecule has 2 atom stereocenters. The Morgan fingerprint density at radius 1 is 0.962 bits per heavy atom. The molecule has 0 unspecified atom stereocenters. The summed E-state index contributed by atoms with van der Waals surface area (Å²) >= 11 is 0. The van der Waals surface area contributed by atoms with E-state index in [1.807, 2.05) is 57.2 Å². The fourth-order valence-electron chi connectivity index (χ4n) is 2.55. The van der Waals surface area contributed by atoms with Gasteiger partial charge in [-0.3, -0.25) is 4.79 Å². The first-order valence-corrected chi connectivity index (χ1v) is 8.69. The van der Waals surface area contributed by atoms with Crippen molar-refractivity contribution in [1.29, 1.82) is 0 Å². The van der Waals surface area contributed by atoms with Gasteiger partial charge in [0, 0.05) is 0 Å². The number of amides is 1. The van der Waals surface area contributed by atoms with Gasteiger partial charge in [-0.2, -0.15) is 0 Å². The molecule has 0 aromatic heterocycles. The molecule has 0 fully saturated rings. The number of ether oxygens (including phenoxy) is 3. The Bertz CT molecular complexity index is 707. The minimum Gasteiger partial charge on any atom is -0.497 e. The number of carbonyl (C=O) groups is 1. The molecule has 2 rings (SSSR count). The van der Waals surface area contributed by atoms with Gasteiger partial charge in [0.05, 0.1) is 13.2 Å². The molecule has 2 aromatic rings. The highest BCUT2D eigenvalue weighted by molar-refractivity contribution is 5.81. The number of rotatable bonds is 8. The van der Waals surface area contributed by atoms with Gasteiger partial charge in [-0.05, 0) is 75.2 Å². The average molecular weight is 357 g/mol. The van der Waals surface area contributed by atoms with Gasteiger partial charge in [-0.15, -0.1) is 0 Å². The predicted molar refractivity (Wildman–Crippen MR) is 102 cm³/mol. The van der Waals surface area contributed by atoms with E-state index in [-0.39, 0.29) is 11.9 Å². The molecule has 0 saturated heterocycles. The van der Waals surface area contributed by atoms with Crippen LogP contribution >= 0.6 is 0 Å². The fourth-order valence-corrected chi connectivity index (χ4v) is 2.55. The average Bonchev–Trinajstić information content (AvgIpc) is 2.59. The van der Waals surface area contributed by atoms with Gasteiger partial charge >= 0.3 is 0 Å². The van der Waals surface area contributed by atoms with E-state index in [1.165, 1.54) is 0 Å². The van der Waals surface area contributed by atoms with Crippen LogP contribution in [0.3, 0.4) is 0 Å². The van der Waals surface area contributed by atoms with Crippen LogP contribution in [-0.4, -0.2) is 31.8 Å². The molecular formula is C21H27NO4. The summed E-state index contributed by atoms with van der Waals surface area (Å²) in [5, 5.41) is 2.91. The van der Waals surface area contributed by atoms with Gasteiger partial charge in [-0.25, -0.2) is 0 Å². The van der Waals surface area contributed by atoms with E-state index in [0.717, 1.165) is 22.6 Å². The monoisotopic (exact) mass is 357 g/mol.